The van der Waals surface area contributed by atoms with Gasteiger partial charge in [0.15, 0.2) is 0 Å². The molecule has 0 radical (unpaired) electrons. The van der Waals surface area contributed by atoms with Crippen LogP contribution >= 0.6 is 0 Å². The first kappa shape index (κ1) is 15.9. The molecule has 0 fully saturated rings. The number of benzene rings is 1. The van der Waals surface area contributed by atoms with Crippen molar-refractivity contribution in [1.29, 1.82) is 0 Å². The Morgan fingerprint density at radius 2 is 1.90 bits per heavy atom. The Morgan fingerprint density at radius 1 is 1.24 bits per heavy atom. The van der Waals surface area contributed by atoms with Crippen LogP contribution in [-0.2, 0) is 11.2 Å². The maximum Gasteiger partial charge on any atom is 0.140 e. The van der Waals surface area contributed by atoms with Gasteiger partial charge in [-0.1, -0.05) is 13.8 Å². The minimum Gasteiger partial charge on any atom is -0.496 e. The average Bonchev–Trinajstić information content (AvgIpc) is 2.50. The minimum absolute atomic E-state index is 0.0300. The summed E-state index contributed by atoms with van der Waals surface area (Å²) in [6, 6.07) is 3.87. The fraction of sp³-hybridized carbons (Fsp3) is 0.611. The molecule has 1 aromatic carbocycles. The Balaban J connectivity index is 2.34. The Hall–Kier alpha value is -1.51. The van der Waals surface area contributed by atoms with E-state index in [1.165, 1.54) is 0 Å². The summed E-state index contributed by atoms with van der Waals surface area (Å²) in [5.74, 6) is 2.58. The molecular weight excluding hydrogens is 264 g/mol. The number of hydrogen-bond donors (Lipinski definition) is 0. The Kier molecular flexibility index (Phi) is 5.27. The van der Waals surface area contributed by atoms with Crippen LogP contribution in [0.4, 0.5) is 0 Å². The largest absolute Gasteiger partial charge is 0.496 e. The normalized spacial score (nSPS) is 17.5. The fourth-order valence-electron chi connectivity index (χ4n) is 3.19. The van der Waals surface area contributed by atoms with Crippen molar-refractivity contribution < 1.29 is 14.3 Å². The summed E-state index contributed by atoms with van der Waals surface area (Å²) in [6.45, 7) is 4.32. The zero-order valence-electron chi connectivity index (χ0n) is 13.6. The molecule has 1 aromatic rings. The van der Waals surface area contributed by atoms with Crippen molar-refractivity contribution >= 4 is 5.78 Å². The predicted molar refractivity (Wildman–Crippen MR) is 84.3 cm³/mol. The first-order valence-corrected chi connectivity index (χ1v) is 7.85. The van der Waals surface area contributed by atoms with E-state index in [1.54, 1.807) is 14.2 Å². The van der Waals surface area contributed by atoms with Crippen LogP contribution in [0.3, 0.4) is 0 Å². The number of ketones is 1. The smallest absolute Gasteiger partial charge is 0.140 e. The molecule has 0 N–H and O–H groups in total. The first-order chi connectivity index (χ1) is 10.1. The van der Waals surface area contributed by atoms with Gasteiger partial charge in [-0.25, -0.2) is 0 Å². The molecule has 3 heteroatoms. The number of fused-ring (bicyclic) bond motifs is 1. The molecule has 3 nitrogen and oxygen atoms in total. The molecule has 0 aliphatic heterocycles. The van der Waals surface area contributed by atoms with Gasteiger partial charge in [0, 0.05) is 23.5 Å². The van der Waals surface area contributed by atoms with Crippen molar-refractivity contribution in [3.63, 3.8) is 0 Å². The van der Waals surface area contributed by atoms with Gasteiger partial charge in [-0.15, -0.1) is 0 Å². The number of carbonyl (C=O) groups is 1. The molecule has 0 saturated heterocycles. The van der Waals surface area contributed by atoms with Gasteiger partial charge in [0.25, 0.3) is 0 Å². The highest BCUT2D eigenvalue weighted by atomic mass is 16.5. The second-order valence-corrected chi connectivity index (χ2v) is 6.21. The maximum atomic E-state index is 12.6. The molecular formula is C18H26O3. The summed E-state index contributed by atoms with van der Waals surface area (Å²) in [4.78, 5) is 12.6. The van der Waals surface area contributed by atoms with Crippen molar-refractivity contribution in [2.75, 3.05) is 14.2 Å². The number of ether oxygens (including phenoxy) is 2. The minimum atomic E-state index is -0.0300. The van der Waals surface area contributed by atoms with Crippen molar-refractivity contribution in [1.82, 2.24) is 0 Å². The van der Waals surface area contributed by atoms with E-state index in [0.29, 0.717) is 18.1 Å². The van der Waals surface area contributed by atoms with E-state index < -0.39 is 0 Å². The van der Waals surface area contributed by atoms with E-state index in [2.05, 4.69) is 13.8 Å². The Morgan fingerprint density at radius 3 is 2.52 bits per heavy atom. The molecule has 0 saturated carbocycles. The topological polar surface area (TPSA) is 35.5 Å². The zero-order valence-corrected chi connectivity index (χ0v) is 13.6. The molecule has 2 rings (SSSR count). The molecule has 0 spiro atoms. The van der Waals surface area contributed by atoms with Crippen LogP contribution in [0.2, 0.25) is 0 Å². The Bertz CT molecular complexity index is 505. The first-order valence-electron chi connectivity index (χ1n) is 7.85. The van der Waals surface area contributed by atoms with Gasteiger partial charge in [0.2, 0.25) is 0 Å². The summed E-state index contributed by atoms with van der Waals surface area (Å²) in [7, 11) is 3.36. The highest BCUT2D eigenvalue weighted by molar-refractivity contribution is 5.87. The van der Waals surface area contributed by atoms with Gasteiger partial charge in [-0.3, -0.25) is 4.79 Å². The third-order valence-corrected chi connectivity index (χ3v) is 4.34. The van der Waals surface area contributed by atoms with Crippen molar-refractivity contribution in [2.45, 2.75) is 51.9 Å². The third-order valence-electron chi connectivity index (χ3n) is 4.34. The van der Waals surface area contributed by atoms with Crippen molar-refractivity contribution in [3.8, 4) is 11.5 Å². The van der Waals surface area contributed by atoms with Crippen LogP contribution in [-0.4, -0.2) is 20.0 Å². The molecule has 0 aromatic heterocycles. The van der Waals surface area contributed by atoms with Crippen LogP contribution in [0.25, 0.3) is 0 Å². The second kappa shape index (κ2) is 6.97. The van der Waals surface area contributed by atoms with Crippen molar-refractivity contribution in [2.24, 2.45) is 5.92 Å². The average molecular weight is 290 g/mol. The Labute approximate surface area is 127 Å². The molecule has 0 amide bonds. The maximum absolute atomic E-state index is 12.6. The molecule has 1 unspecified atom stereocenters. The second-order valence-electron chi connectivity index (χ2n) is 6.21. The molecule has 1 atom stereocenters. The van der Waals surface area contributed by atoms with E-state index in [-0.39, 0.29) is 5.92 Å². The third kappa shape index (κ3) is 3.39. The van der Waals surface area contributed by atoms with Gasteiger partial charge in [0.1, 0.15) is 17.3 Å². The van der Waals surface area contributed by atoms with Gasteiger partial charge >= 0.3 is 0 Å². The molecule has 1 aliphatic rings. The van der Waals surface area contributed by atoms with E-state index >= 15 is 0 Å². The van der Waals surface area contributed by atoms with Crippen LogP contribution in [0, 0.1) is 5.92 Å². The highest BCUT2D eigenvalue weighted by Gasteiger charge is 2.31. The lowest BCUT2D eigenvalue weighted by Crippen LogP contribution is -2.20. The molecule has 0 bridgehead atoms. The van der Waals surface area contributed by atoms with Gasteiger partial charge in [-0.05, 0) is 43.7 Å². The fourth-order valence-corrected chi connectivity index (χ4v) is 3.19. The molecule has 116 valence electrons. The molecule has 1 aliphatic carbocycles. The van der Waals surface area contributed by atoms with Crippen LogP contribution in [0.5, 0.6) is 11.5 Å². The number of hydrogen-bond acceptors (Lipinski definition) is 3. The summed E-state index contributed by atoms with van der Waals surface area (Å²) >= 11 is 0. The van der Waals surface area contributed by atoms with E-state index in [0.717, 1.165) is 48.3 Å². The SMILES string of the molecule is COc1ccc(OC)c2c1CCCC2C(=O)CCC(C)C. The van der Waals surface area contributed by atoms with Gasteiger partial charge in [0.05, 0.1) is 14.2 Å². The standard InChI is InChI=1S/C18H26O3/c1-12(2)8-9-15(19)13-6-5-7-14-16(20-3)10-11-17(21-4)18(13)14/h10-13H,5-9H2,1-4H3. The van der Waals surface area contributed by atoms with Gasteiger partial charge in [-0.2, -0.15) is 0 Å². The number of methoxy groups -OCH3 is 2. The summed E-state index contributed by atoms with van der Waals surface area (Å²) in [5.41, 5.74) is 2.22. The van der Waals surface area contributed by atoms with Gasteiger partial charge < -0.3 is 9.47 Å². The lowest BCUT2D eigenvalue weighted by atomic mass is 9.78. The number of Topliss-reactive ketones (excluding diaryl/α,β-unsaturated/α-hetero) is 1. The highest BCUT2D eigenvalue weighted by Crippen LogP contribution is 2.43. The van der Waals surface area contributed by atoms with E-state index in [4.69, 9.17) is 9.47 Å². The van der Waals surface area contributed by atoms with Crippen LogP contribution in [0.15, 0.2) is 12.1 Å². The number of carbonyl (C=O) groups excluding carboxylic acids is 1. The summed E-state index contributed by atoms with van der Waals surface area (Å²) < 4.78 is 11.0. The van der Waals surface area contributed by atoms with E-state index in [9.17, 15) is 4.79 Å². The monoisotopic (exact) mass is 290 g/mol. The molecule has 0 heterocycles. The van der Waals surface area contributed by atoms with Crippen LogP contribution in [0.1, 0.15) is 56.6 Å². The summed E-state index contributed by atoms with van der Waals surface area (Å²) in [5, 5.41) is 0. The zero-order chi connectivity index (χ0) is 15.4. The lowest BCUT2D eigenvalue weighted by Gasteiger charge is -2.28. The lowest BCUT2D eigenvalue weighted by molar-refractivity contribution is -0.121. The predicted octanol–water partition coefficient (Wildman–Crippen LogP) is 4.13. The molecule has 21 heavy (non-hydrogen) atoms. The van der Waals surface area contributed by atoms with E-state index in [1.807, 2.05) is 12.1 Å². The van der Waals surface area contributed by atoms with Crippen LogP contribution < -0.4 is 9.47 Å². The summed E-state index contributed by atoms with van der Waals surface area (Å²) in [6.07, 6.45) is 4.53. The number of rotatable bonds is 6. The van der Waals surface area contributed by atoms with Crippen molar-refractivity contribution in [3.05, 3.63) is 23.3 Å². The quantitative estimate of drug-likeness (QED) is 0.790.